The van der Waals surface area contributed by atoms with Gasteiger partial charge in [-0.2, -0.15) is 0 Å². The van der Waals surface area contributed by atoms with Gasteiger partial charge in [-0.3, -0.25) is 14.6 Å². The summed E-state index contributed by atoms with van der Waals surface area (Å²) in [6, 6.07) is 5.98. The minimum Gasteiger partial charge on any atom is -0.490 e. The number of hydrogen-bond acceptors (Lipinski definition) is 9. The fourth-order valence-electron chi connectivity index (χ4n) is 7.01. The van der Waals surface area contributed by atoms with Gasteiger partial charge in [0.25, 0.3) is 5.91 Å². The molecule has 1 aromatic carbocycles. The maximum Gasteiger partial charge on any atom is 0.257 e. The summed E-state index contributed by atoms with van der Waals surface area (Å²) in [4.78, 5) is 41.9. The number of anilines is 1. The number of aromatic nitrogens is 3. The van der Waals surface area contributed by atoms with E-state index in [4.69, 9.17) is 9.47 Å². The summed E-state index contributed by atoms with van der Waals surface area (Å²) in [7, 11) is 0. The first-order valence-corrected chi connectivity index (χ1v) is 16.1. The van der Waals surface area contributed by atoms with Crippen LogP contribution in [-0.4, -0.2) is 76.5 Å². The average molecular weight is 632 g/mol. The second-order valence-corrected chi connectivity index (χ2v) is 12.8. The number of rotatable bonds is 11. The third-order valence-corrected chi connectivity index (χ3v) is 9.18. The van der Waals surface area contributed by atoms with Crippen LogP contribution in [0.5, 0.6) is 17.2 Å². The number of benzene rings is 1. The lowest BCUT2D eigenvalue weighted by Gasteiger charge is -2.59. The van der Waals surface area contributed by atoms with Gasteiger partial charge in [-0.15, -0.1) is 0 Å². The van der Waals surface area contributed by atoms with Crippen molar-refractivity contribution in [1.82, 2.24) is 30.5 Å². The standard InChI is InChI=1S/C34H42FN7O4/c1-5-42(21(2)3)33(44)25-14-23(35)6-7-28(25)46-30-17-36-20-40-32(30)41-18-34(19-41)15-24(16-34)45-29-10-13-39-27-9-12-38-26(31(27)29)8-11-37-22(4)43/h6-7,10,13-14,17,20-21,24,26,38H,5,8-9,11-12,15-16,18-19H2,1-4H3,(H,37,43). The fourth-order valence-corrected chi connectivity index (χ4v) is 7.01. The van der Waals surface area contributed by atoms with Gasteiger partial charge < -0.3 is 29.9 Å². The van der Waals surface area contributed by atoms with Gasteiger partial charge in [0.1, 0.15) is 29.7 Å². The molecule has 1 aliphatic carbocycles. The summed E-state index contributed by atoms with van der Waals surface area (Å²) < 4.78 is 27.1. The first-order chi connectivity index (χ1) is 22.2. The molecule has 244 valence electrons. The molecule has 12 heteroatoms. The minimum absolute atomic E-state index is 0.0334. The van der Waals surface area contributed by atoms with Crippen molar-refractivity contribution in [3.05, 3.63) is 65.6 Å². The predicted molar refractivity (Wildman–Crippen MR) is 171 cm³/mol. The predicted octanol–water partition coefficient (Wildman–Crippen LogP) is 4.43. The third-order valence-electron chi connectivity index (χ3n) is 9.18. The van der Waals surface area contributed by atoms with Crippen LogP contribution in [0.2, 0.25) is 0 Å². The Balaban J connectivity index is 1.10. The van der Waals surface area contributed by atoms with Gasteiger partial charge in [0, 0.05) is 75.3 Å². The van der Waals surface area contributed by atoms with Gasteiger partial charge in [-0.05, 0) is 64.3 Å². The Morgan fingerprint density at radius 2 is 1.98 bits per heavy atom. The number of amides is 2. The molecule has 11 nitrogen and oxygen atoms in total. The molecule has 3 aliphatic rings. The molecular weight excluding hydrogens is 589 g/mol. The average Bonchev–Trinajstić information content (AvgIpc) is 2.99. The van der Waals surface area contributed by atoms with E-state index in [1.807, 2.05) is 33.0 Å². The molecule has 1 atom stereocenters. The summed E-state index contributed by atoms with van der Waals surface area (Å²) in [5, 5.41) is 6.46. The fraction of sp³-hybridized carbons (Fsp3) is 0.500. The molecule has 2 aromatic heterocycles. The first-order valence-electron chi connectivity index (χ1n) is 16.1. The van der Waals surface area contributed by atoms with Crippen molar-refractivity contribution in [2.75, 3.05) is 37.6 Å². The van der Waals surface area contributed by atoms with E-state index < -0.39 is 5.82 Å². The molecule has 2 amide bonds. The number of hydrogen-bond donors (Lipinski definition) is 2. The summed E-state index contributed by atoms with van der Waals surface area (Å²) in [5.41, 5.74) is 2.45. The summed E-state index contributed by atoms with van der Waals surface area (Å²) in [6.45, 7) is 10.8. The van der Waals surface area contributed by atoms with E-state index in [1.54, 1.807) is 11.1 Å². The van der Waals surface area contributed by atoms with Gasteiger partial charge in [-0.1, -0.05) is 0 Å². The number of pyridine rings is 1. The van der Waals surface area contributed by atoms with Crippen molar-refractivity contribution in [2.45, 2.75) is 71.6 Å². The highest BCUT2D eigenvalue weighted by Gasteiger charge is 2.54. The third kappa shape index (κ3) is 6.48. The van der Waals surface area contributed by atoms with E-state index in [1.165, 1.54) is 31.5 Å². The number of fused-ring (bicyclic) bond motifs is 1. The van der Waals surface area contributed by atoms with E-state index in [0.29, 0.717) is 24.7 Å². The second-order valence-electron chi connectivity index (χ2n) is 12.8. The zero-order chi connectivity index (χ0) is 32.4. The molecule has 46 heavy (non-hydrogen) atoms. The number of halogens is 1. The Morgan fingerprint density at radius 3 is 2.72 bits per heavy atom. The lowest BCUT2D eigenvalue weighted by molar-refractivity contribution is -0.118. The maximum atomic E-state index is 14.3. The van der Waals surface area contributed by atoms with Crippen LogP contribution in [0.3, 0.4) is 0 Å². The maximum absolute atomic E-state index is 14.3. The Bertz CT molecular complexity index is 1590. The molecule has 4 heterocycles. The molecule has 2 fully saturated rings. The Labute approximate surface area is 268 Å². The minimum atomic E-state index is -0.504. The molecule has 1 unspecified atom stereocenters. The molecule has 1 saturated heterocycles. The van der Waals surface area contributed by atoms with Crippen LogP contribution < -0.4 is 25.0 Å². The van der Waals surface area contributed by atoms with Crippen molar-refractivity contribution >= 4 is 17.6 Å². The van der Waals surface area contributed by atoms with Gasteiger partial charge in [0.2, 0.25) is 5.91 Å². The topological polar surface area (TPSA) is 122 Å². The first kappa shape index (κ1) is 31.7. The highest BCUT2D eigenvalue weighted by Crippen LogP contribution is 2.52. The van der Waals surface area contributed by atoms with Crippen LogP contribution in [0, 0.1) is 11.2 Å². The number of nitrogens with one attached hydrogen (secondary N) is 2. The van der Waals surface area contributed by atoms with Crippen LogP contribution in [-0.2, 0) is 11.2 Å². The van der Waals surface area contributed by atoms with Crippen LogP contribution in [0.1, 0.15) is 74.6 Å². The van der Waals surface area contributed by atoms with Gasteiger partial charge in [0.05, 0.1) is 17.5 Å². The number of carbonyl (C=O) groups excluding carboxylic acids is 2. The van der Waals surface area contributed by atoms with Gasteiger partial charge in [-0.25, -0.2) is 14.4 Å². The van der Waals surface area contributed by atoms with E-state index in [9.17, 15) is 14.0 Å². The molecule has 0 bridgehead atoms. The summed E-state index contributed by atoms with van der Waals surface area (Å²) in [6.07, 6.45) is 8.45. The Hall–Kier alpha value is -4.32. The van der Waals surface area contributed by atoms with Gasteiger partial charge in [0.15, 0.2) is 11.6 Å². The van der Waals surface area contributed by atoms with E-state index in [2.05, 4.69) is 30.5 Å². The molecule has 3 aromatic rings. The van der Waals surface area contributed by atoms with Crippen LogP contribution in [0.25, 0.3) is 0 Å². The van der Waals surface area contributed by atoms with Crippen LogP contribution in [0.15, 0.2) is 43.0 Å². The van der Waals surface area contributed by atoms with E-state index in [-0.39, 0.29) is 46.7 Å². The highest BCUT2D eigenvalue weighted by atomic mass is 19.1. The molecule has 0 radical (unpaired) electrons. The van der Waals surface area contributed by atoms with E-state index >= 15 is 0 Å². The van der Waals surface area contributed by atoms with Crippen molar-refractivity contribution in [2.24, 2.45) is 5.41 Å². The summed E-state index contributed by atoms with van der Waals surface area (Å²) >= 11 is 0. The quantitative estimate of drug-likeness (QED) is 0.317. The van der Waals surface area contributed by atoms with Crippen molar-refractivity contribution in [3.63, 3.8) is 0 Å². The highest BCUT2D eigenvalue weighted by molar-refractivity contribution is 5.97. The molecule has 1 saturated carbocycles. The van der Waals surface area contributed by atoms with Crippen molar-refractivity contribution in [3.8, 4) is 17.2 Å². The number of carbonyl (C=O) groups is 2. The smallest absolute Gasteiger partial charge is 0.257 e. The molecule has 6 rings (SSSR count). The second kappa shape index (κ2) is 13.2. The SMILES string of the molecule is CCN(C(=O)c1cc(F)ccc1Oc1cncnc1N1CC2(CC(Oc3ccnc4c3C(CCNC(C)=O)NCC4)C2)C1)C(C)C. The van der Waals surface area contributed by atoms with Crippen LogP contribution >= 0.6 is 0 Å². The van der Waals surface area contributed by atoms with Crippen molar-refractivity contribution in [1.29, 1.82) is 0 Å². The monoisotopic (exact) mass is 631 g/mol. The Morgan fingerprint density at radius 1 is 1.17 bits per heavy atom. The van der Waals surface area contributed by atoms with Gasteiger partial charge >= 0.3 is 0 Å². The normalized spacial score (nSPS) is 18.4. The van der Waals surface area contributed by atoms with E-state index in [0.717, 1.165) is 62.3 Å². The lowest BCUT2D eigenvalue weighted by atomic mass is 9.61. The molecule has 2 aliphatic heterocycles. The molecule has 2 N–H and O–H groups in total. The van der Waals surface area contributed by atoms with Crippen LogP contribution in [0.4, 0.5) is 10.2 Å². The van der Waals surface area contributed by atoms with Crippen molar-refractivity contribution < 1.29 is 23.5 Å². The Kier molecular flexibility index (Phi) is 9.08. The zero-order valence-electron chi connectivity index (χ0n) is 26.9. The number of nitrogens with zero attached hydrogens (tertiary/aromatic N) is 5. The molecule has 1 spiro atoms. The molecular formula is C34H42FN7O4. The lowest BCUT2D eigenvalue weighted by Crippen LogP contribution is -2.65. The summed E-state index contributed by atoms with van der Waals surface area (Å²) in [5.74, 6) is 1.36. The largest absolute Gasteiger partial charge is 0.490 e. The zero-order valence-corrected chi connectivity index (χ0v) is 26.9. The number of ether oxygens (including phenoxy) is 2.